The van der Waals surface area contributed by atoms with Gasteiger partial charge in [0, 0.05) is 11.3 Å². The number of benzene rings is 3. The Bertz CT molecular complexity index is 1210. The zero-order valence-corrected chi connectivity index (χ0v) is 16.2. The SMILES string of the molecule is COc1ccc(-c2ccc(S(=O)(=O)Nc3cccc(-c4nn[nH]n4)c3)cc2)cc1. The molecule has 0 fully saturated rings. The largest absolute Gasteiger partial charge is 0.497 e. The molecule has 3 aromatic carbocycles. The van der Waals surface area contributed by atoms with Gasteiger partial charge in [-0.15, -0.1) is 10.2 Å². The third-order valence-electron chi connectivity index (χ3n) is 4.31. The first-order valence-corrected chi connectivity index (χ1v) is 10.1. The normalized spacial score (nSPS) is 11.2. The summed E-state index contributed by atoms with van der Waals surface area (Å²) >= 11 is 0. The van der Waals surface area contributed by atoms with Gasteiger partial charge in [0.1, 0.15) is 5.75 Å². The summed E-state index contributed by atoms with van der Waals surface area (Å²) in [6.45, 7) is 0. The molecule has 1 aromatic heterocycles. The minimum Gasteiger partial charge on any atom is -0.497 e. The van der Waals surface area contributed by atoms with Gasteiger partial charge < -0.3 is 4.74 Å². The summed E-state index contributed by atoms with van der Waals surface area (Å²) < 4.78 is 33.2. The lowest BCUT2D eigenvalue weighted by molar-refractivity contribution is 0.415. The van der Waals surface area contributed by atoms with Crippen LogP contribution in [-0.2, 0) is 10.0 Å². The van der Waals surface area contributed by atoms with Gasteiger partial charge in [-0.3, -0.25) is 4.72 Å². The van der Waals surface area contributed by atoms with Crippen molar-refractivity contribution in [3.63, 3.8) is 0 Å². The highest BCUT2D eigenvalue weighted by Crippen LogP contribution is 2.25. The van der Waals surface area contributed by atoms with Gasteiger partial charge in [-0.05, 0) is 52.7 Å². The van der Waals surface area contributed by atoms with E-state index in [0.29, 0.717) is 17.1 Å². The van der Waals surface area contributed by atoms with E-state index in [2.05, 4.69) is 25.3 Å². The second kappa shape index (κ2) is 7.72. The number of anilines is 1. The van der Waals surface area contributed by atoms with Crippen LogP contribution in [0.3, 0.4) is 0 Å². The highest BCUT2D eigenvalue weighted by atomic mass is 32.2. The Morgan fingerprint density at radius 1 is 0.897 bits per heavy atom. The number of aromatic amines is 1. The number of nitrogens with zero attached hydrogens (tertiary/aromatic N) is 3. The molecular formula is C20H17N5O3S. The van der Waals surface area contributed by atoms with Crippen molar-refractivity contribution in [1.29, 1.82) is 0 Å². The van der Waals surface area contributed by atoms with E-state index in [4.69, 9.17) is 4.74 Å². The van der Waals surface area contributed by atoms with Crippen LogP contribution in [0.25, 0.3) is 22.5 Å². The van der Waals surface area contributed by atoms with Crippen LogP contribution in [0.5, 0.6) is 5.75 Å². The maximum atomic E-state index is 12.8. The number of methoxy groups -OCH3 is 1. The van der Waals surface area contributed by atoms with Crippen LogP contribution in [-0.4, -0.2) is 36.2 Å². The van der Waals surface area contributed by atoms with Crippen LogP contribution in [0.4, 0.5) is 5.69 Å². The number of hydrogen-bond donors (Lipinski definition) is 2. The zero-order chi connectivity index (χ0) is 20.3. The predicted molar refractivity (Wildman–Crippen MR) is 109 cm³/mol. The van der Waals surface area contributed by atoms with Crippen LogP contribution in [0.15, 0.2) is 77.7 Å². The molecule has 4 rings (SSSR count). The first-order valence-electron chi connectivity index (χ1n) is 8.66. The third-order valence-corrected chi connectivity index (χ3v) is 5.70. The van der Waals surface area contributed by atoms with Gasteiger partial charge in [0.25, 0.3) is 10.0 Å². The molecule has 0 bridgehead atoms. The van der Waals surface area contributed by atoms with E-state index in [1.54, 1.807) is 55.6 Å². The minimum atomic E-state index is -3.74. The fourth-order valence-electron chi connectivity index (χ4n) is 2.83. The summed E-state index contributed by atoms with van der Waals surface area (Å²) in [5.74, 6) is 1.15. The van der Waals surface area contributed by atoms with Crippen molar-refractivity contribution in [2.45, 2.75) is 4.90 Å². The lowest BCUT2D eigenvalue weighted by atomic mass is 10.1. The Hall–Kier alpha value is -3.72. The van der Waals surface area contributed by atoms with Crippen molar-refractivity contribution >= 4 is 15.7 Å². The molecule has 4 aromatic rings. The first kappa shape index (κ1) is 18.6. The van der Waals surface area contributed by atoms with Gasteiger partial charge in [0.05, 0.1) is 12.0 Å². The highest BCUT2D eigenvalue weighted by Gasteiger charge is 2.15. The molecule has 0 aliphatic rings. The van der Waals surface area contributed by atoms with Gasteiger partial charge in [-0.2, -0.15) is 5.21 Å². The summed E-state index contributed by atoms with van der Waals surface area (Å²) in [5.41, 5.74) is 2.93. The topological polar surface area (TPSA) is 110 Å². The molecule has 146 valence electrons. The zero-order valence-electron chi connectivity index (χ0n) is 15.4. The highest BCUT2D eigenvalue weighted by molar-refractivity contribution is 7.92. The molecule has 29 heavy (non-hydrogen) atoms. The average molecular weight is 407 g/mol. The Kier molecular flexibility index (Phi) is 4.96. The van der Waals surface area contributed by atoms with E-state index < -0.39 is 10.0 Å². The second-order valence-electron chi connectivity index (χ2n) is 6.17. The van der Waals surface area contributed by atoms with Crippen molar-refractivity contribution in [2.24, 2.45) is 0 Å². The summed E-state index contributed by atoms with van der Waals surface area (Å²) in [5, 5.41) is 13.7. The van der Waals surface area contributed by atoms with Crippen LogP contribution in [0, 0.1) is 0 Å². The standard InChI is InChI=1S/C20H17N5O3S/c1-28-18-9-5-14(6-10-18)15-7-11-19(12-8-15)29(26,27)23-17-4-2-3-16(13-17)20-21-24-25-22-20/h2-13,23H,1H3,(H,21,22,24,25). The van der Waals surface area contributed by atoms with E-state index >= 15 is 0 Å². The van der Waals surface area contributed by atoms with Crippen LogP contribution in [0.2, 0.25) is 0 Å². The summed E-state index contributed by atoms with van der Waals surface area (Å²) in [6, 6.07) is 21.0. The van der Waals surface area contributed by atoms with Gasteiger partial charge in [-0.25, -0.2) is 8.42 Å². The number of ether oxygens (including phenoxy) is 1. The maximum absolute atomic E-state index is 12.8. The average Bonchev–Trinajstić information content (AvgIpc) is 3.29. The summed E-state index contributed by atoms with van der Waals surface area (Å²) in [6.07, 6.45) is 0. The van der Waals surface area contributed by atoms with Crippen molar-refractivity contribution < 1.29 is 13.2 Å². The second-order valence-corrected chi connectivity index (χ2v) is 7.86. The number of H-pyrrole nitrogens is 1. The Morgan fingerprint density at radius 3 is 2.21 bits per heavy atom. The Balaban J connectivity index is 1.55. The van der Waals surface area contributed by atoms with Crippen molar-refractivity contribution in [2.75, 3.05) is 11.8 Å². The fraction of sp³-hybridized carbons (Fsp3) is 0.0500. The molecule has 0 aliphatic heterocycles. The molecule has 2 N–H and O–H groups in total. The van der Waals surface area contributed by atoms with E-state index in [1.165, 1.54) is 0 Å². The molecule has 8 nitrogen and oxygen atoms in total. The van der Waals surface area contributed by atoms with Gasteiger partial charge in [0.15, 0.2) is 0 Å². The molecule has 0 aliphatic carbocycles. The molecule has 0 amide bonds. The lowest BCUT2D eigenvalue weighted by Gasteiger charge is -2.10. The Labute approximate surface area is 167 Å². The van der Waals surface area contributed by atoms with E-state index in [9.17, 15) is 8.42 Å². The molecule has 0 saturated carbocycles. The van der Waals surface area contributed by atoms with Crippen molar-refractivity contribution in [3.8, 4) is 28.3 Å². The van der Waals surface area contributed by atoms with E-state index in [1.807, 2.05) is 24.3 Å². The van der Waals surface area contributed by atoms with Crippen LogP contribution >= 0.6 is 0 Å². The minimum absolute atomic E-state index is 0.166. The first-order chi connectivity index (χ1) is 14.0. The Morgan fingerprint density at radius 2 is 1.59 bits per heavy atom. The number of sulfonamides is 1. The number of aromatic nitrogens is 4. The predicted octanol–water partition coefficient (Wildman–Crippen LogP) is 3.34. The van der Waals surface area contributed by atoms with E-state index in [-0.39, 0.29) is 4.90 Å². The molecular weight excluding hydrogens is 390 g/mol. The molecule has 9 heteroatoms. The monoisotopic (exact) mass is 407 g/mol. The number of nitrogens with one attached hydrogen (secondary N) is 2. The van der Waals surface area contributed by atoms with Gasteiger partial charge in [0.2, 0.25) is 5.82 Å². The summed E-state index contributed by atoms with van der Waals surface area (Å²) in [7, 11) is -2.13. The maximum Gasteiger partial charge on any atom is 0.261 e. The fourth-order valence-corrected chi connectivity index (χ4v) is 3.88. The van der Waals surface area contributed by atoms with Crippen molar-refractivity contribution in [1.82, 2.24) is 20.6 Å². The number of hydrogen-bond acceptors (Lipinski definition) is 6. The molecule has 1 heterocycles. The molecule has 0 atom stereocenters. The van der Waals surface area contributed by atoms with Crippen LogP contribution < -0.4 is 9.46 Å². The van der Waals surface area contributed by atoms with Gasteiger partial charge in [-0.1, -0.05) is 36.4 Å². The summed E-state index contributed by atoms with van der Waals surface area (Å²) in [4.78, 5) is 0.166. The molecule has 0 saturated heterocycles. The van der Waals surface area contributed by atoms with E-state index in [0.717, 1.165) is 16.9 Å². The number of rotatable bonds is 6. The van der Waals surface area contributed by atoms with Gasteiger partial charge >= 0.3 is 0 Å². The third kappa shape index (κ3) is 4.09. The van der Waals surface area contributed by atoms with Crippen LogP contribution in [0.1, 0.15) is 0 Å². The molecule has 0 unspecified atom stereocenters. The van der Waals surface area contributed by atoms with Crippen molar-refractivity contribution in [3.05, 3.63) is 72.8 Å². The molecule has 0 radical (unpaired) electrons. The lowest BCUT2D eigenvalue weighted by Crippen LogP contribution is -2.12. The smallest absolute Gasteiger partial charge is 0.261 e. The molecule has 0 spiro atoms. The quantitative estimate of drug-likeness (QED) is 0.507. The number of tetrazole rings is 1.